The lowest BCUT2D eigenvalue weighted by Gasteiger charge is -2.23. The van der Waals surface area contributed by atoms with Crippen LogP contribution in [-0.2, 0) is 6.42 Å². The minimum absolute atomic E-state index is 0. The number of halogens is 1. The molecule has 1 saturated carbocycles. The molecule has 0 spiro atoms. The third-order valence-corrected chi connectivity index (χ3v) is 4.07. The first-order valence-electron chi connectivity index (χ1n) is 7.25. The van der Waals surface area contributed by atoms with Gasteiger partial charge in [0.1, 0.15) is 0 Å². The zero-order valence-electron chi connectivity index (χ0n) is 12.5. The maximum Gasteiger partial charge on any atom is 0.188 e. The first-order chi connectivity index (χ1) is 9.16. The predicted molar refractivity (Wildman–Crippen MR) is 96.9 cm³/mol. The smallest absolute Gasteiger partial charge is 0.188 e. The lowest BCUT2D eigenvalue weighted by Crippen LogP contribution is -2.34. The van der Waals surface area contributed by atoms with Crippen molar-refractivity contribution in [1.82, 2.24) is 5.32 Å². The summed E-state index contributed by atoms with van der Waals surface area (Å²) in [7, 11) is 0. The molecule has 1 aromatic carbocycles. The van der Waals surface area contributed by atoms with E-state index in [4.69, 9.17) is 5.73 Å². The van der Waals surface area contributed by atoms with Crippen LogP contribution in [0.25, 0.3) is 0 Å². The number of hydrogen-bond donors (Lipinski definition) is 2. The molecule has 1 aliphatic rings. The molecular formula is C16H26IN3. The van der Waals surface area contributed by atoms with E-state index in [1.807, 2.05) is 0 Å². The van der Waals surface area contributed by atoms with Crippen LogP contribution in [0, 0.1) is 19.8 Å². The van der Waals surface area contributed by atoms with Crippen LogP contribution in [0.5, 0.6) is 0 Å². The number of hydrogen-bond acceptors (Lipinski definition) is 1. The Hall–Kier alpha value is -0.780. The van der Waals surface area contributed by atoms with E-state index in [0.717, 1.165) is 25.4 Å². The molecule has 1 aromatic rings. The van der Waals surface area contributed by atoms with Crippen molar-refractivity contribution >= 4 is 29.9 Å². The number of rotatable bonds is 5. The van der Waals surface area contributed by atoms with Crippen LogP contribution < -0.4 is 11.1 Å². The van der Waals surface area contributed by atoms with Gasteiger partial charge in [0.2, 0.25) is 0 Å². The highest BCUT2D eigenvalue weighted by atomic mass is 127. The summed E-state index contributed by atoms with van der Waals surface area (Å²) >= 11 is 0. The molecule has 20 heavy (non-hydrogen) atoms. The van der Waals surface area contributed by atoms with Gasteiger partial charge in [-0.15, -0.1) is 24.0 Å². The Labute approximate surface area is 139 Å². The summed E-state index contributed by atoms with van der Waals surface area (Å²) in [4.78, 5) is 4.41. The fraction of sp³-hybridized carbons (Fsp3) is 0.562. The molecule has 0 radical (unpaired) electrons. The lowest BCUT2D eigenvalue weighted by molar-refractivity contribution is 0.326. The molecule has 0 unspecified atom stereocenters. The zero-order valence-corrected chi connectivity index (χ0v) is 14.8. The monoisotopic (exact) mass is 387 g/mol. The second-order valence-electron chi connectivity index (χ2n) is 5.57. The van der Waals surface area contributed by atoms with E-state index in [-0.39, 0.29) is 24.0 Å². The topological polar surface area (TPSA) is 50.4 Å². The molecule has 0 bridgehead atoms. The van der Waals surface area contributed by atoms with Crippen LogP contribution in [-0.4, -0.2) is 19.0 Å². The Morgan fingerprint density at radius 2 is 1.95 bits per heavy atom. The highest BCUT2D eigenvalue weighted by Crippen LogP contribution is 2.26. The molecule has 112 valence electrons. The van der Waals surface area contributed by atoms with Crippen molar-refractivity contribution in [2.24, 2.45) is 16.6 Å². The molecule has 0 heterocycles. The summed E-state index contributed by atoms with van der Waals surface area (Å²) < 4.78 is 0. The van der Waals surface area contributed by atoms with E-state index < -0.39 is 0 Å². The SMILES string of the molecule is Cc1cccc(C)c1CCNC(N)=NCC1CCC1.I. The molecule has 2 rings (SSSR count). The quantitative estimate of drug-likeness (QED) is 0.463. The fourth-order valence-corrected chi connectivity index (χ4v) is 2.52. The summed E-state index contributed by atoms with van der Waals surface area (Å²) in [5.74, 6) is 1.37. The number of aliphatic imine (C=N–C) groups is 1. The largest absolute Gasteiger partial charge is 0.370 e. The van der Waals surface area contributed by atoms with E-state index in [2.05, 4.69) is 42.4 Å². The van der Waals surface area contributed by atoms with E-state index >= 15 is 0 Å². The Kier molecular flexibility index (Phi) is 7.34. The van der Waals surface area contributed by atoms with Gasteiger partial charge < -0.3 is 11.1 Å². The van der Waals surface area contributed by atoms with E-state index in [1.165, 1.54) is 36.0 Å². The number of nitrogens with two attached hydrogens (primary N) is 1. The molecule has 0 amide bonds. The van der Waals surface area contributed by atoms with Crippen molar-refractivity contribution in [2.75, 3.05) is 13.1 Å². The van der Waals surface area contributed by atoms with Gasteiger partial charge in [-0.2, -0.15) is 0 Å². The molecule has 1 aliphatic carbocycles. The molecule has 3 N–H and O–H groups in total. The fourth-order valence-electron chi connectivity index (χ4n) is 2.52. The number of guanidine groups is 1. The van der Waals surface area contributed by atoms with E-state index in [1.54, 1.807) is 0 Å². The number of nitrogens with zero attached hydrogens (tertiary/aromatic N) is 1. The van der Waals surface area contributed by atoms with Crippen molar-refractivity contribution in [2.45, 2.75) is 39.5 Å². The minimum Gasteiger partial charge on any atom is -0.370 e. The number of nitrogens with one attached hydrogen (secondary N) is 1. The maximum absolute atomic E-state index is 5.88. The normalized spacial score (nSPS) is 15.4. The zero-order chi connectivity index (χ0) is 13.7. The van der Waals surface area contributed by atoms with Crippen molar-refractivity contribution in [3.8, 4) is 0 Å². The molecule has 0 atom stereocenters. The van der Waals surface area contributed by atoms with Gasteiger partial charge >= 0.3 is 0 Å². The molecule has 4 heteroatoms. The summed E-state index contributed by atoms with van der Waals surface area (Å²) in [6.07, 6.45) is 5.00. The van der Waals surface area contributed by atoms with Gasteiger partial charge in [-0.25, -0.2) is 0 Å². The van der Waals surface area contributed by atoms with Gasteiger partial charge in [-0.05, 0) is 55.7 Å². The third-order valence-electron chi connectivity index (χ3n) is 4.07. The average Bonchev–Trinajstić information content (AvgIpc) is 2.31. The first kappa shape index (κ1) is 17.3. The highest BCUT2D eigenvalue weighted by Gasteiger charge is 2.16. The summed E-state index contributed by atoms with van der Waals surface area (Å²) in [6.45, 7) is 6.07. The molecule has 1 fully saturated rings. The van der Waals surface area contributed by atoms with E-state index in [9.17, 15) is 0 Å². The van der Waals surface area contributed by atoms with Crippen LogP contribution in [0.15, 0.2) is 23.2 Å². The highest BCUT2D eigenvalue weighted by molar-refractivity contribution is 14.0. The average molecular weight is 387 g/mol. The van der Waals surface area contributed by atoms with Crippen LogP contribution in [0.4, 0.5) is 0 Å². The summed E-state index contributed by atoms with van der Waals surface area (Å²) in [6, 6.07) is 6.43. The minimum atomic E-state index is 0. The predicted octanol–water partition coefficient (Wildman–Crippen LogP) is 3.17. The van der Waals surface area contributed by atoms with Crippen LogP contribution in [0.3, 0.4) is 0 Å². The van der Waals surface area contributed by atoms with Gasteiger partial charge in [0.25, 0.3) is 0 Å². The van der Waals surface area contributed by atoms with Gasteiger partial charge in [0, 0.05) is 13.1 Å². The van der Waals surface area contributed by atoms with Crippen molar-refractivity contribution < 1.29 is 0 Å². The van der Waals surface area contributed by atoms with E-state index in [0.29, 0.717) is 5.96 Å². The Balaban J connectivity index is 0.00000200. The molecule has 3 nitrogen and oxygen atoms in total. The van der Waals surface area contributed by atoms with Crippen LogP contribution in [0.1, 0.15) is 36.0 Å². The van der Waals surface area contributed by atoms with Crippen molar-refractivity contribution in [3.05, 3.63) is 34.9 Å². The Morgan fingerprint density at radius 3 is 2.50 bits per heavy atom. The van der Waals surface area contributed by atoms with Gasteiger partial charge in [-0.1, -0.05) is 24.6 Å². The number of benzene rings is 1. The molecule has 0 aliphatic heterocycles. The molecule has 0 saturated heterocycles. The Bertz CT molecular complexity index is 433. The maximum atomic E-state index is 5.88. The Morgan fingerprint density at radius 1 is 1.30 bits per heavy atom. The van der Waals surface area contributed by atoms with Crippen molar-refractivity contribution in [3.63, 3.8) is 0 Å². The van der Waals surface area contributed by atoms with Crippen LogP contribution in [0.2, 0.25) is 0 Å². The van der Waals surface area contributed by atoms with Gasteiger partial charge in [0.05, 0.1) is 0 Å². The summed E-state index contributed by atoms with van der Waals surface area (Å²) in [5, 5.41) is 3.22. The third kappa shape index (κ3) is 4.96. The van der Waals surface area contributed by atoms with Crippen molar-refractivity contribution in [1.29, 1.82) is 0 Å². The second kappa shape index (κ2) is 8.49. The van der Waals surface area contributed by atoms with Gasteiger partial charge in [0.15, 0.2) is 5.96 Å². The standard InChI is InChI=1S/C16H25N3.HI/c1-12-5-3-6-13(2)15(12)9-10-18-16(17)19-11-14-7-4-8-14;/h3,5-6,14H,4,7-11H2,1-2H3,(H3,17,18,19);1H. The number of aryl methyl sites for hydroxylation is 2. The van der Waals surface area contributed by atoms with Gasteiger partial charge in [-0.3, -0.25) is 4.99 Å². The molecular weight excluding hydrogens is 361 g/mol. The molecule has 0 aromatic heterocycles. The lowest BCUT2D eigenvalue weighted by atomic mass is 9.86. The first-order valence-corrected chi connectivity index (χ1v) is 7.25. The summed E-state index contributed by atoms with van der Waals surface area (Å²) in [5.41, 5.74) is 10.0. The second-order valence-corrected chi connectivity index (χ2v) is 5.57. The van der Waals surface area contributed by atoms with Crippen LogP contribution >= 0.6 is 24.0 Å².